The Balaban J connectivity index is 1.26. The Morgan fingerprint density at radius 3 is 2.39 bits per heavy atom. The summed E-state index contributed by atoms with van der Waals surface area (Å²) in [4.78, 5) is 17.6. The van der Waals surface area contributed by atoms with Crippen LogP contribution in [0.3, 0.4) is 0 Å². The van der Waals surface area contributed by atoms with Gasteiger partial charge in [0, 0.05) is 44.8 Å². The quantitative estimate of drug-likeness (QED) is 0.708. The molecule has 2 aromatic carbocycles. The number of benzene rings is 2. The third-order valence-electron chi connectivity index (χ3n) is 7.00. The third kappa shape index (κ3) is 6.42. The molecule has 0 saturated carbocycles. The van der Waals surface area contributed by atoms with Crippen molar-refractivity contribution in [3.05, 3.63) is 71.3 Å². The number of ether oxygens (including phenoxy) is 1. The van der Waals surface area contributed by atoms with Crippen molar-refractivity contribution < 1.29 is 9.53 Å². The van der Waals surface area contributed by atoms with Gasteiger partial charge in [-0.15, -0.1) is 0 Å². The molecule has 0 radical (unpaired) electrons. The summed E-state index contributed by atoms with van der Waals surface area (Å²) in [6.07, 6.45) is 2.92. The molecule has 0 unspecified atom stereocenters. The number of hydrogen-bond acceptors (Lipinski definition) is 5. The van der Waals surface area contributed by atoms with E-state index < -0.39 is 0 Å². The van der Waals surface area contributed by atoms with E-state index in [2.05, 4.69) is 45.5 Å². The van der Waals surface area contributed by atoms with Gasteiger partial charge in [-0.3, -0.25) is 14.6 Å². The van der Waals surface area contributed by atoms with Gasteiger partial charge in [0.05, 0.1) is 18.2 Å². The van der Waals surface area contributed by atoms with Crippen molar-refractivity contribution in [2.24, 2.45) is 0 Å². The Morgan fingerprint density at radius 2 is 1.67 bits per heavy atom. The summed E-state index contributed by atoms with van der Waals surface area (Å²) in [7, 11) is 0. The van der Waals surface area contributed by atoms with E-state index in [4.69, 9.17) is 10.00 Å². The number of nitriles is 1. The van der Waals surface area contributed by atoms with E-state index >= 15 is 0 Å². The summed E-state index contributed by atoms with van der Waals surface area (Å²) >= 11 is 0. The molecule has 2 saturated heterocycles. The lowest BCUT2D eigenvalue weighted by Crippen LogP contribution is -2.47. The Labute approximate surface area is 197 Å². The molecular weight excluding hydrogens is 412 g/mol. The molecule has 0 spiro atoms. The summed E-state index contributed by atoms with van der Waals surface area (Å²) in [6.45, 7) is 7.28. The second-order valence-corrected chi connectivity index (χ2v) is 9.25. The van der Waals surface area contributed by atoms with Crippen LogP contribution in [0.1, 0.15) is 36.0 Å². The van der Waals surface area contributed by atoms with Crippen LogP contribution in [0.2, 0.25) is 0 Å². The zero-order valence-corrected chi connectivity index (χ0v) is 19.3. The Bertz CT molecular complexity index is 933. The minimum Gasteiger partial charge on any atom is -0.381 e. The maximum absolute atomic E-state index is 12.8. The first-order valence-electron chi connectivity index (χ1n) is 12.0. The largest absolute Gasteiger partial charge is 0.381 e. The highest BCUT2D eigenvalue weighted by atomic mass is 16.5. The highest BCUT2D eigenvalue weighted by Gasteiger charge is 2.34. The Kier molecular flexibility index (Phi) is 8.11. The molecule has 33 heavy (non-hydrogen) atoms. The molecule has 1 N–H and O–H groups in total. The van der Waals surface area contributed by atoms with Gasteiger partial charge in [0.2, 0.25) is 5.91 Å². The van der Waals surface area contributed by atoms with E-state index in [0.717, 1.165) is 65.2 Å². The lowest BCUT2D eigenvalue weighted by molar-refractivity contribution is -0.122. The van der Waals surface area contributed by atoms with Crippen LogP contribution >= 0.6 is 0 Å². The molecule has 0 aromatic heterocycles. The molecule has 2 aliphatic rings. The Morgan fingerprint density at radius 1 is 0.970 bits per heavy atom. The van der Waals surface area contributed by atoms with Crippen LogP contribution < -0.4 is 5.32 Å². The maximum Gasteiger partial charge on any atom is 0.234 e. The van der Waals surface area contributed by atoms with Crippen LogP contribution in [0.25, 0.3) is 0 Å². The minimum atomic E-state index is -0.0359. The van der Waals surface area contributed by atoms with Crippen LogP contribution in [0, 0.1) is 11.3 Å². The highest BCUT2D eigenvalue weighted by Crippen LogP contribution is 2.34. The van der Waals surface area contributed by atoms with Gasteiger partial charge in [-0.1, -0.05) is 42.5 Å². The first-order chi connectivity index (χ1) is 16.2. The lowest BCUT2D eigenvalue weighted by Gasteiger charge is -2.38. The summed E-state index contributed by atoms with van der Waals surface area (Å²) in [5.41, 5.74) is 3.18. The van der Waals surface area contributed by atoms with Crippen molar-refractivity contribution in [3.63, 3.8) is 0 Å². The first-order valence-corrected chi connectivity index (χ1v) is 12.0. The van der Waals surface area contributed by atoms with Crippen molar-refractivity contribution >= 4 is 5.91 Å². The topological polar surface area (TPSA) is 68.6 Å². The second kappa shape index (κ2) is 11.4. The molecule has 0 bridgehead atoms. The smallest absolute Gasteiger partial charge is 0.234 e. The number of carbonyl (C=O) groups is 1. The van der Waals surface area contributed by atoms with Gasteiger partial charge in [-0.2, -0.15) is 5.26 Å². The van der Waals surface area contributed by atoms with Crippen molar-refractivity contribution in [2.75, 3.05) is 52.5 Å². The van der Waals surface area contributed by atoms with Gasteiger partial charge in [-0.05, 0) is 55.6 Å². The Hall–Kier alpha value is -2.72. The van der Waals surface area contributed by atoms with Gasteiger partial charge >= 0.3 is 0 Å². The molecule has 2 fully saturated rings. The van der Waals surface area contributed by atoms with Gasteiger partial charge in [-0.25, -0.2) is 0 Å². The van der Waals surface area contributed by atoms with E-state index in [-0.39, 0.29) is 11.3 Å². The van der Waals surface area contributed by atoms with Gasteiger partial charge in [0.15, 0.2) is 0 Å². The summed E-state index contributed by atoms with van der Waals surface area (Å²) in [5, 5.41) is 12.2. The van der Waals surface area contributed by atoms with Gasteiger partial charge in [0.1, 0.15) is 0 Å². The number of hydrogen-bond donors (Lipinski definition) is 1. The average molecular weight is 447 g/mol. The molecule has 174 valence electrons. The molecule has 4 rings (SSSR count). The zero-order valence-electron chi connectivity index (χ0n) is 19.3. The predicted octanol–water partition coefficient (Wildman–Crippen LogP) is 2.93. The molecule has 1 amide bonds. The second-order valence-electron chi connectivity index (χ2n) is 9.25. The fourth-order valence-electron chi connectivity index (χ4n) is 4.93. The first kappa shape index (κ1) is 23.4. The zero-order chi connectivity index (χ0) is 22.9. The van der Waals surface area contributed by atoms with Crippen LogP contribution in [0.5, 0.6) is 0 Å². The number of carbonyl (C=O) groups excluding carboxylic acids is 1. The van der Waals surface area contributed by atoms with Crippen LogP contribution in [0.15, 0.2) is 54.6 Å². The lowest BCUT2D eigenvalue weighted by atomic mass is 9.74. The summed E-state index contributed by atoms with van der Waals surface area (Å²) < 4.78 is 5.61. The van der Waals surface area contributed by atoms with Crippen LogP contribution in [0.4, 0.5) is 0 Å². The third-order valence-corrected chi connectivity index (χ3v) is 7.00. The van der Waals surface area contributed by atoms with Gasteiger partial charge < -0.3 is 10.1 Å². The highest BCUT2D eigenvalue weighted by molar-refractivity contribution is 5.78. The van der Waals surface area contributed by atoms with E-state index in [1.165, 1.54) is 11.1 Å². The molecule has 0 atom stereocenters. The van der Waals surface area contributed by atoms with Crippen molar-refractivity contribution in [1.82, 2.24) is 15.1 Å². The van der Waals surface area contributed by atoms with Crippen molar-refractivity contribution in [3.8, 4) is 6.07 Å². The monoisotopic (exact) mass is 446 g/mol. The minimum absolute atomic E-state index is 0.0359. The van der Waals surface area contributed by atoms with E-state index in [9.17, 15) is 4.79 Å². The molecular formula is C27H34N4O2. The van der Waals surface area contributed by atoms with Gasteiger partial charge in [0.25, 0.3) is 0 Å². The number of amides is 1. The summed E-state index contributed by atoms with van der Waals surface area (Å²) in [6, 6.07) is 20.5. The standard InChI is InChI=1S/C27H34N4O2/c28-19-23-7-9-24(10-8-23)20-30-13-4-14-31(16-15-30)21-26(32)29-22-27(11-17-33-18-12-27)25-5-2-1-3-6-25/h1-3,5-10H,4,11-18,20-22H2,(H,29,32). The maximum atomic E-state index is 12.8. The summed E-state index contributed by atoms with van der Waals surface area (Å²) in [5.74, 6) is 0.109. The van der Waals surface area contributed by atoms with E-state index in [1.807, 2.05) is 30.3 Å². The molecule has 2 aliphatic heterocycles. The predicted molar refractivity (Wildman–Crippen MR) is 129 cm³/mol. The number of nitrogens with zero attached hydrogens (tertiary/aromatic N) is 3. The average Bonchev–Trinajstić information content (AvgIpc) is 3.09. The molecule has 2 aromatic rings. The number of nitrogens with one attached hydrogen (secondary N) is 1. The van der Waals surface area contributed by atoms with Crippen molar-refractivity contribution in [2.45, 2.75) is 31.2 Å². The van der Waals surface area contributed by atoms with Crippen LogP contribution in [-0.2, 0) is 21.5 Å². The molecule has 0 aliphatic carbocycles. The number of rotatable bonds is 7. The van der Waals surface area contributed by atoms with E-state index in [0.29, 0.717) is 18.7 Å². The molecule has 6 nitrogen and oxygen atoms in total. The molecule has 2 heterocycles. The van der Waals surface area contributed by atoms with E-state index in [1.54, 1.807) is 0 Å². The normalized spacial score (nSPS) is 19.4. The SMILES string of the molecule is N#Cc1ccc(CN2CCCN(CC(=O)NCC3(c4ccccc4)CCOCC3)CC2)cc1. The van der Waals surface area contributed by atoms with Crippen molar-refractivity contribution in [1.29, 1.82) is 5.26 Å². The van der Waals surface area contributed by atoms with Crippen LogP contribution in [-0.4, -0.2) is 68.2 Å². The molecule has 6 heteroatoms. The fourth-order valence-corrected chi connectivity index (χ4v) is 4.93. The fraction of sp³-hybridized carbons (Fsp3) is 0.481.